The number of nitrogens with two attached hydrogens (primary N) is 1. The van der Waals surface area contributed by atoms with Crippen LogP contribution in [0.2, 0.25) is 0 Å². The number of anilines is 2. The minimum atomic E-state index is -5.08. The molecule has 0 atom stereocenters. The van der Waals surface area contributed by atoms with Crippen LogP contribution in [0, 0.1) is 5.92 Å². The summed E-state index contributed by atoms with van der Waals surface area (Å²) in [7, 11) is 0. The van der Waals surface area contributed by atoms with E-state index in [2.05, 4.69) is 16.0 Å². The van der Waals surface area contributed by atoms with Crippen molar-refractivity contribution in [3.8, 4) is 5.75 Å². The summed E-state index contributed by atoms with van der Waals surface area (Å²) in [6.07, 6.45) is 2.15. The largest absolute Gasteiger partial charge is 0.490 e. The van der Waals surface area contributed by atoms with E-state index in [1.165, 1.54) is 0 Å². The summed E-state index contributed by atoms with van der Waals surface area (Å²) in [5.74, 6) is -2.35. The van der Waals surface area contributed by atoms with Crippen molar-refractivity contribution >= 4 is 41.0 Å². The van der Waals surface area contributed by atoms with Crippen LogP contribution in [0.15, 0.2) is 66.7 Å². The SMILES string of the molecule is NC1CCC(CCNC(=O)c2ccc(NC(=O)c3ccc(CN(C(=O)c4ccc5c(c4)OCC(=O)N5)C4CC4)cc3)cc2)CC1.O=C(O)C(F)(F)F. The molecule has 12 nitrogen and oxygen atoms in total. The van der Waals surface area contributed by atoms with Gasteiger partial charge in [-0.15, -0.1) is 0 Å². The molecule has 1 aliphatic heterocycles. The molecule has 52 heavy (non-hydrogen) atoms. The lowest BCUT2D eigenvalue weighted by molar-refractivity contribution is -0.192. The smallest absolute Gasteiger partial charge is 0.482 e. The summed E-state index contributed by atoms with van der Waals surface area (Å²) in [4.78, 5) is 61.3. The molecule has 0 unspecified atom stereocenters. The number of nitrogens with zero attached hydrogens (tertiary/aromatic N) is 1. The van der Waals surface area contributed by atoms with E-state index in [1.807, 2.05) is 17.0 Å². The van der Waals surface area contributed by atoms with Gasteiger partial charge in [-0.2, -0.15) is 13.2 Å². The third-order valence-corrected chi connectivity index (χ3v) is 9.06. The van der Waals surface area contributed by atoms with Crippen LogP contribution in [-0.2, 0) is 16.1 Å². The lowest BCUT2D eigenvalue weighted by Crippen LogP contribution is -2.33. The molecule has 276 valence electrons. The second-order valence-electron chi connectivity index (χ2n) is 13.1. The maximum absolute atomic E-state index is 13.4. The van der Waals surface area contributed by atoms with Crippen LogP contribution < -0.4 is 26.4 Å². The van der Waals surface area contributed by atoms with Gasteiger partial charge in [-0.05, 0) is 111 Å². The number of fused-ring (bicyclic) bond motifs is 1. The fourth-order valence-corrected chi connectivity index (χ4v) is 5.96. The number of carbonyl (C=O) groups excluding carboxylic acids is 4. The van der Waals surface area contributed by atoms with E-state index in [-0.39, 0.29) is 36.3 Å². The highest BCUT2D eigenvalue weighted by atomic mass is 19.4. The van der Waals surface area contributed by atoms with Crippen LogP contribution in [0.5, 0.6) is 5.75 Å². The topological polar surface area (TPSA) is 180 Å². The second kappa shape index (κ2) is 16.7. The van der Waals surface area contributed by atoms with Crippen LogP contribution in [0.25, 0.3) is 0 Å². The Morgan fingerprint density at radius 3 is 2.08 bits per heavy atom. The van der Waals surface area contributed by atoms with Crippen molar-refractivity contribution in [3.63, 3.8) is 0 Å². The molecule has 2 aliphatic carbocycles. The van der Waals surface area contributed by atoms with Gasteiger partial charge in [-0.3, -0.25) is 19.2 Å². The monoisotopic (exact) mass is 723 g/mol. The van der Waals surface area contributed by atoms with E-state index in [9.17, 15) is 32.3 Å². The lowest BCUT2D eigenvalue weighted by atomic mass is 9.84. The summed E-state index contributed by atoms with van der Waals surface area (Å²) in [6.45, 7) is 0.985. The molecule has 6 rings (SSSR count). The number of ether oxygens (including phenoxy) is 1. The summed E-state index contributed by atoms with van der Waals surface area (Å²) < 4.78 is 37.2. The zero-order chi connectivity index (χ0) is 37.4. The molecule has 3 aromatic rings. The number of nitrogens with one attached hydrogen (secondary N) is 3. The number of hydrogen-bond donors (Lipinski definition) is 5. The highest BCUT2D eigenvalue weighted by molar-refractivity contribution is 6.04. The summed E-state index contributed by atoms with van der Waals surface area (Å²) >= 11 is 0. The fraction of sp³-hybridized carbons (Fsp3) is 0.378. The van der Waals surface area contributed by atoms with Gasteiger partial charge in [-0.25, -0.2) is 4.79 Å². The highest BCUT2D eigenvalue weighted by Gasteiger charge is 2.38. The Labute approximate surface area is 297 Å². The van der Waals surface area contributed by atoms with Gasteiger partial charge in [0.15, 0.2) is 6.61 Å². The quantitative estimate of drug-likeness (QED) is 0.186. The van der Waals surface area contributed by atoms with Crippen molar-refractivity contribution in [3.05, 3.63) is 89.0 Å². The average molecular weight is 724 g/mol. The van der Waals surface area contributed by atoms with E-state index >= 15 is 0 Å². The molecule has 0 saturated heterocycles. The number of benzene rings is 3. The van der Waals surface area contributed by atoms with Gasteiger partial charge in [0, 0.05) is 47.6 Å². The molecule has 3 aromatic carbocycles. The Kier molecular flexibility index (Phi) is 12.2. The predicted molar refractivity (Wildman–Crippen MR) is 185 cm³/mol. The zero-order valence-electron chi connectivity index (χ0n) is 28.2. The number of carboxylic acids is 1. The van der Waals surface area contributed by atoms with E-state index in [1.54, 1.807) is 54.6 Å². The Bertz CT molecular complexity index is 1770. The molecule has 2 saturated carbocycles. The molecular formula is C37H40F3N5O7. The first-order valence-electron chi connectivity index (χ1n) is 17.0. The molecule has 0 spiro atoms. The number of aliphatic carboxylic acids is 1. The Balaban J connectivity index is 0.000000679. The molecule has 6 N–H and O–H groups in total. The first kappa shape index (κ1) is 37.8. The second-order valence-corrected chi connectivity index (χ2v) is 13.1. The van der Waals surface area contributed by atoms with E-state index in [4.69, 9.17) is 20.4 Å². The maximum Gasteiger partial charge on any atom is 0.490 e. The van der Waals surface area contributed by atoms with Gasteiger partial charge >= 0.3 is 12.1 Å². The number of carbonyl (C=O) groups is 5. The van der Waals surface area contributed by atoms with Crippen molar-refractivity contribution in [1.29, 1.82) is 0 Å². The van der Waals surface area contributed by atoms with Crippen molar-refractivity contribution in [1.82, 2.24) is 10.2 Å². The third kappa shape index (κ3) is 10.5. The van der Waals surface area contributed by atoms with E-state index in [0.717, 1.165) is 50.5 Å². The summed E-state index contributed by atoms with van der Waals surface area (Å²) in [6, 6.07) is 19.6. The normalized spacial score (nSPS) is 18.0. The van der Waals surface area contributed by atoms with Crippen molar-refractivity contribution in [2.75, 3.05) is 23.8 Å². The molecule has 15 heteroatoms. The van der Waals surface area contributed by atoms with Crippen LogP contribution >= 0.6 is 0 Å². The molecule has 0 aromatic heterocycles. The van der Waals surface area contributed by atoms with Crippen LogP contribution in [0.4, 0.5) is 24.5 Å². The minimum absolute atomic E-state index is 0.0729. The van der Waals surface area contributed by atoms with Gasteiger partial charge < -0.3 is 36.4 Å². The van der Waals surface area contributed by atoms with Crippen LogP contribution in [0.3, 0.4) is 0 Å². The fourth-order valence-electron chi connectivity index (χ4n) is 5.96. The molecule has 0 radical (unpaired) electrons. The van der Waals surface area contributed by atoms with Gasteiger partial charge in [0.05, 0.1) is 5.69 Å². The molecule has 3 aliphatic rings. The number of alkyl halides is 3. The van der Waals surface area contributed by atoms with Crippen molar-refractivity contribution in [2.45, 2.75) is 69.8 Å². The number of carboxylic acid groups (broad SMARTS) is 1. The Morgan fingerprint density at radius 2 is 1.46 bits per heavy atom. The first-order valence-corrected chi connectivity index (χ1v) is 17.0. The first-order chi connectivity index (χ1) is 24.8. The van der Waals surface area contributed by atoms with Gasteiger partial charge in [-0.1, -0.05) is 12.1 Å². The maximum atomic E-state index is 13.4. The van der Waals surface area contributed by atoms with Crippen LogP contribution in [-0.4, -0.2) is 71.0 Å². The Morgan fingerprint density at radius 1 is 0.865 bits per heavy atom. The third-order valence-electron chi connectivity index (χ3n) is 9.06. The van der Waals surface area contributed by atoms with E-state index < -0.39 is 12.1 Å². The summed E-state index contributed by atoms with van der Waals surface area (Å²) in [5.41, 5.74) is 9.59. The predicted octanol–water partition coefficient (Wildman–Crippen LogP) is 5.35. The van der Waals surface area contributed by atoms with Crippen LogP contribution in [0.1, 0.15) is 81.6 Å². The van der Waals surface area contributed by atoms with E-state index in [0.29, 0.717) is 58.9 Å². The molecule has 1 heterocycles. The highest BCUT2D eigenvalue weighted by Crippen LogP contribution is 2.33. The number of halogens is 3. The standard InChI is InChI=1S/C35H39N5O5.C2HF3O2/c36-27-10-3-22(4-11-27)17-18-37-33(42)24-7-12-28(13-8-24)38-34(43)25-5-1-23(2-6-25)20-40(29-14-15-29)35(44)26-9-16-30-31(19-26)45-21-32(41)39-30;3-2(4,5)1(6)7/h1-2,5-9,12-13,16,19,22,27,29H,3-4,10-11,14-15,17-18,20-21,36H2,(H,37,42)(H,38,43)(H,39,41);(H,6,7). The summed E-state index contributed by atoms with van der Waals surface area (Å²) in [5, 5.41) is 15.8. The number of amides is 4. The molecular weight excluding hydrogens is 683 g/mol. The van der Waals surface area contributed by atoms with Crippen molar-refractivity contribution < 1.29 is 47.0 Å². The molecule has 4 amide bonds. The van der Waals surface area contributed by atoms with Gasteiger partial charge in [0.1, 0.15) is 5.75 Å². The number of rotatable bonds is 10. The Hall–Kier alpha value is -5.44. The lowest BCUT2D eigenvalue weighted by Gasteiger charge is -2.25. The van der Waals surface area contributed by atoms with Gasteiger partial charge in [0.2, 0.25) is 0 Å². The minimum Gasteiger partial charge on any atom is -0.482 e. The molecule has 2 fully saturated rings. The average Bonchev–Trinajstić information content (AvgIpc) is 3.97. The molecule has 0 bridgehead atoms. The number of hydrogen-bond acceptors (Lipinski definition) is 7. The van der Waals surface area contributed by atoms with Gasteiger partial charge in [0.25, 0.3) is 23.6 Å². The van der Waals surface area contributed by atoms with Crippen molar-refractivity contribution in [2.24, 2.45) is 11.7 Å². The zero-order valence-corrected chi connectivity index (χ0v) is 28.2.